The highest BCUT2D eigenvalue weighted by Crippen LogP contribution is 2.59. The number of hydrogen-bond acceptors (Lipinski definition) is 3. The first-order valence-corrected chi connectivity index (χ1v) is 25.4. The third kappa shape index (κ3) is 5.96. The Hall–Kier alpha value is -7.19. The van der Waals surface area contributed by atoms with Crippen LogP contribution in [-0.4, -0.2) is 28.1 Å². The Morgan fingerprint density at radius 3 is 2.06 bits per heavy atom. The molecule has 4 unspecified atom stereocenters. The van der Waals surface area contributed by atoms with Crippen LogP contribution in [0.1, 0.15) is 47.3 Å². The van der Waals surface area contributed by atoms with Crippen LogP contribution in [0.2, 0.25) is 0 Å². The summed E-state index contributed by atoms with van der Waals surface area (Å²) in [6.45, 7) is 2.50. The van der Waals surface area contributed by atoms with Crippen molar-refractivity contribution in [3.05, 3.63) is 244 Å². The van der Waals surface area contributed by atoms with Gasteiger partial charge in [0, 0.05) is 84.2 Å². The van der Waals surface area contributed by atoms with Crippen LogP contribution in [0.25, 0.3) is 71.1 Å². The maximum atomic E-state index is 4.26. The zero-order valence-corrected chi connectivity index (χ0v) is 40.7. The van der Waals surface area contributed by atoms with Crippen LogP contribution >= 0.6 is 22.6 Å². The molecular formula is C64H49IN4. The zero-order valence-electron chi connectivity index (χ0n) is 38.6. The number of nitrogens with zero attached hydrogens (tertiary/aromatic N) is 3. The molecule has 3 heterocycles. The highest BCUT2D eigenvalue weighted by atomic mass is 127. The lowest BCUT2D eigenvalue weighted by Crippen LogP contribution is -2.49. The molecule has 4 aliphatic rings. The molecule has 0 fully saturated rings. The van der Waals surface area contributed by atoms with Crippen molar-refractivity contribution in [1.29, 1.82) is 0 Å². The zero-order chi connectivity index (χ0) is 46.0. The van der Waals surface area contributed by atoms with E-state index in [1.165, 1.54) is 114 Å². The molecule has 2 aliphatic carbocycles. The van der Waals surface area contributed by atoms with Crippen molar-refractivity contribution in [3.63, 3.8) is 0 Å². The molecule has 4 nitrogen and oxygen atoms in total. The maximum absolute atomic E-state index is 4.26. The molecule has 332 valence electrons. The third-order valence-electron chi connectivity index (χ3n) is 15.8. The third-order valence-corrected chi connectivity index (χ3v) is 17.0. The second-order valence-electron chi connectivity index (χ2n) is 19.5. The first kappa shape index (κ1) is 40.8. The summed E-state index contributed by atoms with van der Waals surface area (Å²) in [5, 5.41) is 14.4. The SMILES string of the molecule is CN1C(c2cccc3ccccc23)=C(I)C(C2C=CC=CC2)NC1c1cccc2c(N3c4ccccc4C4=C(n5c6ccccc6c6ccc7ccccc7c65)c5ccccc5CC43C)cccc12. The Bertz CT molecular complexity index is 3920. The van der Waals surface area contributed by atoms with Gasteiger partial charge in [-0.1, -0.05) is 194 Å². The van der Waals surface area contributed by atoms with Gasteiger partial charge in [-0.25, -0.2) is 0 Å². The van der Waals surface area contributed by atoms with Gasteiger partial charge in [-0.2, -0.15) is 0 Å². The summed E-state index contributed by atoms with van der Waals surface area (Å²) in [6.07, 6.45) is 10.9. The summed E-state index contributed by atoms with van der Waals surface area (Å²) < 4.78 is 3.97. The monoisotopic (exact) mass is 1000 g/mol. The van der Waals surface area contributed by atoms with E-state index < -0.39 is 5.54 Å². The molecule has 0 amide bonds. The molecule has 1 N–H and O–H groups in total. The van der Waals surface area contributed by atoms with E-state index in [2.05, 4.69) is 269 Å². The predicted octanol–water partition coefficient (Wildman–Crippen LogP) is 16.0. The van der Waals surface area contributed by atoms with Crippen LogP contribution in [0.3, 0.4) is 0 Å². The number of aromatic nitrogens is 1. The molecule has 69 heavy (non-hydrogen) atoms. The fraction of sp³-hybridized carbons (Fsp3) is 0.125. The lowest BCUT2D eigenvalue weighted by molar-refractivity contribution is 0.243. The van der Waals surface area contributed by atoms with Crippen molar-refractivity contribution in [2.45, 2.75) is 37.5 Å². The minimum atomic E-state index is -0.438. The van der Waals surface area contributed by atoms with E-state index in [0.29, 0.717) is 5.92 Å². The molecule has 4 atom stereocenters. The fourth-order valence-electron chi connectivity index (χ4n) is 12.9. The standard InChI is InChI=1S/C64H49IN4/c1-64-39-43-23-8-11-27-46(43)61(68-54-34-14-12-28-49(54)51-38-37-41-20-7-10-26-45(41)60(51)68)57(64)53-29-13-15-35-56(53)69(64)55-36-18-30-47-48(55)31-17-33-52(47)63-66-59(42-21-4-3-5-22-42)58(65)62(67(63)2)50-32-16-24-40-19-6-9-25-44(40)50/h3-21,23-38,42,59,63,66H,22,39H2,1-2H3. The first-order chi connectivity index (χ1) is 34.0. The van der Waals surface area contributed by atoms with Gasteiger partial charge in [-0.15, -0.1) is 0 Å². The summed E-state index contributed by atoms with van der Waals surface area (Å²) in [4.78, 5) is 5.22. The number of anilines is 2. The van der Waals surface area contributed by atoms with Crippen molar-refractivity contribution in [3.8, 4) is 0 Å². The van der Waals surface area contributed by atoms with Crippen molar-refractivity contribution >= 4 is 105 Å². The van der Waals surface area contributed by atoms with E-state index in [0.717, 1.165) is 12.8 Å². The summed E-state index contributed by atoms with van der Waals surface area (Å²) >= 11 is 2.66. The Morgan fingerprint density at radius 1 is 0.551 bits per heavy atom. The van der Waals surface area contributed by atoms with Crippen LogP contribution in [-0.2, 0) is 6.42 Å². The normalized spacial score (nSPS) is 21.0. The molecule has 0 spiro atoms. The average Bonchev–Trinajstić information content (AvgIpc) is 3.87. The van der Waals surface area contributed by atoms with Gasteiger partial charge in [0.2, 0.25) is 0 Å². The van der Waals surface area contributed by atoms with Crippen LogP contribution in [0.4, 0.5) is 11.4 Å². The Labute approximate surface area is 416 Å². The first-order valence-electron chi connectivity index (χ1n) is 24.3. The second kappa shape index (κ2) is 15.7. The molecule has 0 saturated carbocycles. The van der Waals surface area contributed by atoms with E-state index in [9.17, 15) is 0 Å². The van der Waals surface area contributed by atoms with E-state index in [4.69, 9.17) is 0 Å². The molecular weight excluding hydrogens is 952 g/mol. The highest BCUT2D eigenvalue weighted by Gasteiger charge is 2.50. The van der Waals surface area contributed by atoms with E-state index in [1.807, 2.05) is 0 Å². The number of allylic oxidation sites excluding steroid dienone is 3. The number of halogens is 1. The molecule has 2 aliphatic heterocycles. The maximum Gasteiger partial charge on any atom is 0.107 e. The number of hydrogen-bond donors (Lipinski definition) is 1. The van der Waals surface area contributed by atoms with Gasteiger partial charge in [0.05, 0.1) is 28.0 Å². The van der Waals surface area contributed by atoms with Crippen molar-refractivity contribution in [2.75, 3.05) is 11.9 Å². The summed E-state index contributed by atoms with van der Waals surface area (Å²) in [5.41, 5.74) is 14.9. The molecule has 0 bridgehead atoms. The topological polar surface area (TPSA) is 23.4 Å². The lowest BCUT2D eigenvalue weighted by atomic mass is 9.75. The van der Waals surface area contributed by atoms with Gasteiger partial charge in [0.1, 0.15) is 6.17 Å². The van der Waals surface area contributed by atoms with Crippen LogP contribution in [0.5, 0.6) is 0 Å². The molecule has 9 aromatic carbocycles. The smallest absolute Gasteiger partial charge is 0.107 e. The van der Waals surface area contributed by atoms with E-state index in [-0.39, 0.29) is 12.2 Å². The molecule has 0 saturated heterocycles. The molecule has 10 aromatic rings. The van der Waals surface area contributed by atoms with Gasteiger partial charge in [0.15, 0.2) is 0 Å². The predicted molar refractivity (Wildman–Crippen MR) is 299 cm³/mol. The van der Waals surface area contributed by atoms with Gasteiger partial charge in [-0.05, 0) is 86.8 Å². The Kier molecular flexibility index (Phi) is 9.28. The van der Waals surface area contributed by atoms with Crippen molar-refractivity contribution < 1.29 is 0 Å². The molecule has 1 aromatic heterocycles. The quantitative estimate of drug-likeness (QED) is 0.174. The largest absolute Gasteiger partial charge is 0.354 e. The summed E-state index contributed by atoms with van der Waals surface area (Å²) in [6, 6.07) is 70.7. The number of rotatable bonds is 5. The second-order valence-corrected chi connectivity index (χ2v) is 20.7. The van der Waals surface area contributed by atoms with Gasteiger partial charge in [-0.3, -0.25) is 5.32 Å². The number of nitrogens with one attached hydrogen (secondary N) is 1. The molecule has 0 radical (unpaired) electrons. The van der Waals surface area contributed by atoms with E-state index in [1.54, 1.807) is 0 Å². The van der Waals surface area contributed by atoms with E-state index >= 15 is 0 Å². The summed E-state index contributed by atoms with van der Waals surface area (Å²) in [7, 11) is 2.29. The minimum Gasteiger partial charge on any atom is -0.354 e. The lowest BCUT2D eigenvalue weighted by Gasteiger charge is -2.45. The molecule has 14 rings (SSSR count). The van der Waals surface area contributed by atoms with Crippen molar-refractivity contribution in [1.82, 2.24) is 14.8 Å². The summed E-state index contributed by atoms with van der Waals surface area (Å²) in [5.74, 6) is 0.329. The van der Waals surface area contributed by atoms with Gasteiger partial charge >= 0.3 is 0 Å². The Morgan fingerprint density at radius 2 is 1.20 bits per heavy atom. The highest BCUT2D eigenvalue weighted by molar-refractivity contribution is 14.1. The average molecular weight is 1000 g/mol. The fourth-order valence-corrected chi connectivity index (χ4v) is 14.2. The van der Waals surface area contributed by atoms with Crippen LogP contribution < -0.4 is 10.2 Å². The minimum absolute atomic E-state index is 0.0871. The van der Waals surface area contributed by atoms with Gasteiger partial charge in [0.25, 0.3) is 0 Å². The molecule has 5 heteroatoms. The Balaban J connectivity index is 0.991. The van der Waals surface area contributed by atoms with Gasteiger partial charge < -0.3 is 14.4 Å². The number of para-hydroxylation sites is 2. The van der Waals surface area contributed by atoms with Crippen LogP contribution in [0.15, 0.2) is 216 Å². The van der Waals surface area contributed by atoms with Crippen LogP contribution in [0, 0.1) is 5.92 Å². The number of fused-ring (bicyclic) bond motifs is 11. The van der Waals surface area contributed by atoms with Crippen molar-refractivity contribution in [2.24, 2.45) is 5.92 Å². The number of benzene rings is 9.